The summed E-state index contributed by atoms with van der Waals surface area (Å²) in [5.41, 5.74) is 0. The molecule has 0 heterocycles. The van der Waals surface area contributed by atoms with Gasteiger partial charge in [-0.2, -0.15) is 5.26 Å². The van der Waals surface area contributed by atoms with Crippen LogP contribution in [0.25, 0.3) is 0 Å². The molecule has 0 aromatic heterocycles. The van der Waals surface area contributed by atoms with Crippen LogP contribution in [0, 0.1) is 17.2 Å². The minimum absolute atomic E-state index is 0.0824. The fourth-order valence-electron chi connectivity index (χ4n) is 1.01. The molecule has 0 aliphatic heterocycles. The van der Waals surface area contributed by atoms with Crippen LogP contribution in [0.15, 0.2) is 27.6 Å². The second-order valence-corrected chi connectivity index (χ2v) is 6.49. The lowest BCUT2D eigenvalue weighted by atomic mass is 10.2. The van der Waals surface area contributed by atoms with Crippen LogP contribution >= 0.6 is 27.5 Å². The number of nitrogens with one attached hydrogen (secondary N) is 1. The van der Waals surface area contributed by atoms with Gasteiger partial charge in [-0.1, -0.05) is 11.6 Å². The van der Waals surface area contributed by atoms with E-state index in [0.717, 1.165) is 0 Å². The van der Waals surface area contributed by atoms with Crippen molar-refractivity contribution < 1.29 is 8.42 Å². The zero-order valence-corrected chi connectivity index (χ0v) is 12.1. The van der Waals surface area contributed by atoms with Gasteiger partial charge in [0.25, 0.3) is 0 Å². The van der Waals surface area contributed by atoms with Gasteiger partial charge < -0.3 is 0 Å². The molecule has 1 aromatic rings. The molecule has 7 heteroatoms. The SMILES string of the molecule is CC(C#N)CNS(=O)(=O)c1ccc(Cl)c(Br)c1. The zero-order chi connectivity index (χ0) is 13.1. The van der Waals surface area contributed by atoms with Crippen molar-refractivity contribution in [3.05, 3.63) is 27.7 Å². The van der Waals surface area contributed by atoms with Crippen molar-refractivity contribution in [1.29, 1.82) is 5.26 Å². The highest BCUT2D eigenvalue weighted by Crippen LogP contribution is 2.25. The highest BCUT2D eigenvalue weighted by molar-refractivity contribution is 9.10. The zero-order valence-electron chi connectivity index (χ0n) is 8.94. The van der Waals surface area contributed by atoms with Gasteiger partial charge in [0.15, 0.2) is 0 Å². The fraction of sp³-hybridized carbons (Fsp3) is 0.300. The topological polar surface area (TPSA) is 70.0 Å². The van der Waals surface area contributed by atoms with E-state index in [1.54, 1.807) is 6.92 Å². The summed E-state index contributed by atoms with van der Waals surface area (Å²) in [4.78, 5) is 0.110. The van der Waals surface area contributed by atoms with Crippen LogP contribution in [0.2, 0.25) is 5.02 Å². The van der Waals surface area contributed by atoms with Crippen molar-refractivity contribution >= 4 is 37.6 Å². The Kier molecular flexibility index (Phi) is 4.95. The van der Waals surface area contributed by atoms with E-state index < -0.39 is 10.0 Å². The third kappa shape index (κ3) is 3.96. The minimum atomic E-state index is -3.59. The number of hydrogen-bond donors (Lipinski definition) is 1. The summed E-state index contributed by atoms with van der Waals surface area (Å²) >= 11 is 8.93. The van der Waals surface area contributed by atoms with Crippen LogP contribution < -0.4 is 4.72 Å². The highest BCUT2D eigenvalue weighted by Gasteiger charge is 2.16. The monoisotopic (exact) mass is 336 g/mol. The van der Waals surface area contributed by atoms with E-state index in [1.807, 2.05) is 6.07 Å². The first-order valence-electron chi connectivity index (χ1n) is 4.71. The molecular formula is C10H10BrClN2O2S. The van der Waals surface area contributed by atoms with Gasteiger partial charge in [0.2, 0.25) is 10.0 Å². The highest BCUT2D eigenvalue weighted by atomic mass is 79.9. The standard InChI is InChI=1S/C10H10BrClN2O2S/c1-7(5-13)6-14-17(15,16)8-2-3-10(12)9(11)4-8/h2-4,7,14H,6H2,1H3. The van der Waals surface area contributed by atoms with Gasteiger partial charge in [0, 0.05) is 11.0 Å². The van der Waals surface area contributed by atoms with Crippen molar-refractivity contribution in [2.45, 2.75) is 11.8 Å². The Hall–Kier alpha value is -0.610. The molecule has 17 heavy (non-hydrogen) atoms. The molecular weight excluding hydrogens is 328 g/mol. The minimum Gasteiger partial charge on any atom is -0.210 e. The molecule has 1 atom stereocenters. The lowest BCUT2D eigenvalue weighted by molar-refractivity contribution is 0.573. The Labute approximate surface area is 114 Å². The summed E-state index contributed by atoms with van der Waals surface area (Å²) < 4.78 is 26.5. The number of halogens is 2. The van der Waals surface area contributed by atoms with Crippen LogP contribution in [0.5, 0.6) is 0 Å². The smallest absolute Gasteiger partial charge is 0.210 e. The first kappa shape index (κ1) is 14.5. The maximum absolute atomic E-state index is 11.8. The first-order valence-corrected chi connectivity index (χ1v) is 7.36. The van der Waals surface area contributed by atoms with E-state index >= 15 is 0 Å². The predicted octanol–water partition coefficient (Wildman–Crippen LogP) is 2.54. The summed E-state index contributed by atoms with van der Waals surface area (Å²) in [6.07, 6.45) is 0. The van der Waals surface area contributed by atoms with Gasteiger partial charge in [0.05, 0.1) is 21.9 Å². The Balaban J connectivity index is 2.91. The van der Waals surface area contributed by atoms with Gasteiger partial charge in [-0.05, 0) is 41.1 Å². The molecule has 0 fully saturated rings. The normalized spacial score (nSPS) is 13.1. The Bertz CT molecular complexity index is 554. The fourth-order valence-corrected chi connectivity index (χ4v) is 2.81. The summed E-state index contributed by atoms with van der Waals surface area (Å²) in [7, 11) is -3.59. The average Bonchev–Trinajstić information content (AvgIpc) is 2.29. The number of sulfonamides is 1. The molecule has 92 valence electrons. The molecule has 0 amide bonds. The summed E-state index contributed by atoms with van der Waals surface area (Å²) in [6, 6.07) is 6.27. The number of nitrogens with zero attached hydrogens (tertiary/aromatic N) is 1. The molecule has 1 aromatic carbocycles. The summed E-state index contributed by atoms with van der Waals surface area (Å²) in [5, 5.41) is 9.01. The van der Waals surface area contributed by atoms with E-state index in [2.05, 4.69) is 20.7 Å². The molecule has 0 spiro atoms. The molecule has 0 saturated carbocycles. The van der Waals surface area contributed by atoms with E-state index in [1.165, 1.54) is 18.2 Å². The van der Waals surface area contributed by atoms with Gasteiger partial charge in [-0.25, -0.2) is 13.1 Å². The van der Waals surface area contributed by atoms with Crippen molar-refractivity contribution in [2.75, 3.05) is 6.54 Å². The molecule has 0 saturated heterocycles. The molecule has 0 bridgehead atoms. The van der Waals surface area contributed by atoms with Crippen molar-refractivity contribution in [2.24, 2.45) is 5.92 Å². The van der Waals surface area contributed by atoms with Gasteiger partial charge in [-0.3, -0.25) is 0 Å². The first-order chi connectivity index (χ1) is 7.86. The predicted molar refractivity (Wildman–Crippen MR) is 69.1 cm³/mol. The van der Waals surface area contributed by atoms with Gasteiger partial charge >= 0.3 is 0 Å². The second-order valence-electron chi connectivity index (χ2n) is 3.46. The van der Waals surface area contributed by atoms with Crippen LogP contribution in [0.3, 0.4) is 0 Å². The third-order valence-electron chi connectivity index (χ3n) is 2.00. The van der Waals surface area contributed by atoms with Gasteiger partial charge in [-0.15, -0.1) is 0 Å². The molecule has 1 N–H and O–H groups in total. The third-order valence-corrected chi connectivity index (χ3v) is 4.64. The number of benzene rings is 1. The van der Waals surface area contributed by atoms with E-state index in [4.69, 9.17) is 16.9 Å². The lowest BCUT2D eigenvalue weighted by Crippen LogP contribution is -2.28. The largest absolute Gasteiger partial charge is 0.240 e. The molecule has 0 aliphatic rings. The summed E-state index contributed by atoms with van der Waals surface area (Å²) in [6.45, 7) is 1.72. The average molecular weight is 338 g/mol. The van der Waals surface area contributed by atoms with Crippen molar-refractivity contribution in [1.82, 2.24) is 4.72 Å². The molecule has 1 unspecified atom stereocenters. The molecule has 1 rings (SSSR count). The van der Waals surface area contributed by atoms with Crippen molar-refractivity contribution in [3.8, 4) is 6.07 Å². The van der Waals surface area contributed by atoms with E-state index in [9.17, 15) is 8.42 Å². The van der Waals surface area contributed by atoms with Gasteiger partial charge in [0.1, 0.15) is 0 Å². The number of nitriles is 1. The quantitative estimate of drug-likeness (QED) is 0.918. The second kappa shape index (κ2) is 5.83. The van der Waals surface area contributed by atoms with E-state index in [0.29, 0.717) is 9.50 Å². The molecule has 4 nitrogen and oxygen atoms in total. The number of rotatable bonds is 4. The van der Waals surface area contributed by atoms with Crippen LogP contribution in [-0.4, -0.2) is 15.0 Å². The van der Waals surface area contributed by atoms with Crippen LogP contribution in [0.1, 0.15) is 6.92 Å². The summed E-state index contributed by atoms with van der Waals surface area (Å²) in [5.74, 6) is -0.375. The molecule has 0 radical (unpaired) electrons. The maximum Gasteiger partial charge on any atom is 0.240 e. The van der Waals surface area contributed by atoms with Crippen molar-refractivity contribution in [3.63, 3.8) is 0 Å². The van der Waals surface area contributed by atoms with Crippen LogP contribution in [-0.2, 0) is 10.0 Å². The Morgan fingerprint density at radius 3 is 2.76 bits per heavy atom. The Morgan fingerprint density at radius 1 is 1.59 bits per heavy atom. The molecule has 0 aliphatic carbocycles. The van der Waals surface area contributed by atoms with E-state index in [-0.39, 0.29) is 17.4 Å². The van der Waals surface area contributed by atoms with Crippen LogP contribution in [0.4, 0.5) is 0 Å². The lowest BCUT2D eigenvalue weighted by Gasteiger charge is -2.08. The number of hydrogen-bond acceptors (Lipinski definition) is 3. The maximum atomic E-state index is 11.8. The Morgan fingerprint density at radius 2 is 2.24 bits per heavy atom.